The van der Waals surface area contributed by atoms with Crippen molar-refractivity contribution in [3.63, 3.8) is 0 Å². The van der Waals surface area contributed by atoms with Crippen LogP contribution in [-0.2, 0) is 11.3 Å². The van der Waals surface area contributed by atoms with Gasteiger partial charge in [-0.1, -0.05) is 18.2 Å². The van der Waals surface area contributed by atoms with Crippen LogP contribution >= 0.6 is 0 Å². The van der Waals surface area contributed by atoms with E-state index in [9.17, 15) is 9.59 Å². The number of primary amides is 1. The minimum atomic E-state index is -0.631. The molecule has 0 aliphatic carbocycles. The van der Waals surface area contributed by atoms with Crippen LogP contribution in [0, 0.1) is 0 Å². The zero-order valence-electron chi connectivity index (χ0n) is 11.5. The molecular weight excluding hydrogens is 270 g/mol. The summed E-state index contributed by atoms with van der Waals surface area (Å²) in [5.41, 5.74) is 6.87. The van der Waals surface area contributed by atoms with Crippen LogP contribution in [0.25, 0.3) is 5.69 Å². The second kappa shape index (κ2) is 7.09. The van der Waals surface area contributed by atoms with Crippen molar-refractivity contribution >= 4 is 11.9 Å². The van der Waals surface area contributed by atoms with E-state index in [0.717, 1.165) is 11.3 Å². The summed E-state index contributed by atoms with van der Waals surface area (Å²) >= 11 is 0. The van der Waals surface area contributed by atoms with E-state index >= 15 is 0 Å². The van der Waals surface area contributed by atoms with Crippen molar-refractivity contribution in [3.05, 3.63) is 48.5 Å². The number of rotatable bonds is 6. The van der Waals surface area contributed by atoms with E-state index in [1.54, 1.807) is 12.5 Å². The maximum Gasteiger partial charge on any atom is 0.312 e. The molecule has 0 spiro atoms. The van der Waals surface area contributed by atoms with Gasteiger partial charge in [-0.2, -0.15) is 0 Å². The van der Waals surface area contributed by atoms with E-state index < -0.39 is 6.03 Å². The molecule has 1 aromatic heterocycles. The van der Waals surface area contributed by atoms with Gasteiger partial charge >= 0.3 is 6.03 Å². The number of imidazole rings is 1. The number of para-hydroxylation sites is 1. The lowest BCUT2D eigenvalue weighted by Gasteiger charge is -2.11. The van der Waals surface area contributed by atoms with Gasteiger partial charge in [0.1, 0.15) is 0 Å². The quantitative estimate of drug-likeness (QED) is 0.723. The molecule has 0 aliphatic rings. The molecule has 3 amide bonds. The van der Waals surface area contributed by atoms with Crippen molar-refractivity contribution in [1.82, 2.24) is 20.2 Å². The number of hydrogen-bond acceptors (Lipinski definition) is 3. The normalized spacial score (nSPS) is 10.1. The van der Waals surface area contributed by atoms with Gasteiger partial charge < -0.3 is 20.9 Å². The maximum absolute atomic E-state index is 11.7. The molecule has 0 saturated carbocycles. The summed E-state index contributed by atoms with van der Waals surface area (Å²) in [6.07, 6.45) is 5.44. The Bertz CT molecular complexity index is 610. The van der Waals surface area contributed by atoms with Gasteiger partial charge in [-0.3, -0.25) is 4.79 Å². The van der Waals surface area contributed by atoms with Gasteiger partial charge in [0, 0.05) is 31.9 Å². The van der Waals surface area contributed by atoms with Crippen LogP contribution in [-0.4, -0.2) is 28.0 Å². The van der Waals surface area contributed by atoms with Gasteiger partial charge in [0.15, 0.2) is 0 Å². The van der Waals surface area contributed by atoms with E-state index in [-0.39, 0.29) is 18.9 Å². The molecule has 7 nitrogen and oxygen atoms in total. The summed E-state index contributed by atoms with van der Waals surface area (Å²) in [5, 5.41) is 5.18. The van der Waals surface area contributed by atoms with Crippen molar-refractivity contribution in [2.24, 2.45) is 5.73 Å². The molecule has 7 heteroatoms. The highest BCUT2D eigenvalue weighted by atomic mass is 16.2. The minimum Gasteiger partial charge on any atom is -0.352 e. The third kappa shape index (κ3) is 4.34. The summed E-state index contributed by atoms with van der Waals surface area (Å²) in [6.45, 7) is 0.633. The van der Waals surface area contributed by atoms with Crippen LogP contribution < -0.4 is 16.4 Å². The number of carbonyl (C=O) groups is 2. The van der Waals surface area contributed by atoms with Gasteiger partial charge in [0.25, 0.3) is 0 Å². The minimum absolute atomic E-state index is 0.149. The molecular formula is C14H17N5O2. The Balaban J connectivity index is 1.92. The number of nitrogens with one attached hydrogen (secondary N) is 2. The monoisotopic (exact) mass is 287 g/mol. The van der Waals surface area contributed by atoms with Crippen molar-refractivity contribution in [2.75, 3.05) is 6.54 Å². The Labute approximate surface area is 122 Å². The SMILES string of the molecule is NC(=O)NCCC(=O)NCc1ccccc1-n1ccnc1. The average Bonchev–Trinajstić information content (AvgIpc) is 2.99. The fourth-order valence-corrected chi connectivity index (χ4v) is 1.90. The standard InChI is InChI=1S/C14H17N5O2/c15-14(21)17-6-5-13(20)18-9-11-3-1-2-4-12(11)19-8-7-16-10-19/h1-4,7-8,10H,5-6,9H2,(H,18,20)(H3,15,17,21). The Morgan fingerprint density at radius 3 is 2.76 bits per heavy atom. The first-order chi connectivity index (χ1) is 10.2. The van der Waals surface area contributed by atoms with Crippen molar-refractivity contribution in [2.45, 2.75) is 13.0 Å². The van der Waals surface area contributed by atoms with Gasteiger partial charge in [0.2, 0.25) is 5.91 Å². The molecule has 21 heavy (non-hydrogen) atoms. The predicted molar refractivity (Wildman–Crippen MR) is 77.6 cm³/mol. The summed E-state index contributed by atoms with van der Waals surface area (Å²) in [4.78, 5) is 26.2. The first-order valence-corrected chi connectivity index (χ1v) is 6.53. The van der Waals surface area contributed by atoms with Gasteiger partial charge in [0.05, 0.1) is 12.0 Å². The smallest absolute Gasteiger partial charge is 0.312 e. The number of hydrogen-bond donors (Lipinski definition) is 3. The second-order valence-electron chi connectivity index (χ2n) is 4.42. The molecule has 1 aromatic carbocycles. The highest BCUT2D eigenvalue weighted by molar-refractivity contribution is 5.77. The molecule has 1 heterocycles. The van der Waals surface area contributed by atoms with Crippen LogP contribution in [0.1, 0.15) is 12.0 Å². The molecule has 0 unspecified atom stereocenters. The van der Waals surface area contributed by atoms with Crippen LogP contribution in [0.15, 0.2) is 43.0 Å². The van der Waals surface area contributed by atoms with Gasteiger partial charge in [-0.25, -0.2) is 9.78 Å². The van der Waals surface area contributed by atoms with Crippen molar-refractivity contribution in [3.8, 4) is 5.69 Å². The molecule has 0 aliphatic heterocycles. The molecule has 0 fully saturated rings. The average molecular weight is 287 g/mol. The summed E-state index contributed by atoms with van der Waals surface area (Å²) < 4.78 is 1.89. The molecule has 4 N–H and O–H groups in total. The number of carbonyl (C=O) groups excluding carboxylic acids is 2. The highest BCUT2D eigenvalue weighted by Gasteiger charge is 2.06. The number of benzene rings is 1. The number of amides is 3. The number of urea groups is 1. The zero-order chi connectivity index (χ0) is 15.1. The van der Waals surface area contributed by atoms with Crippen molar-refractivity contribution in [1.29, 1.82) is 0 Å². The van der Waals surface area contributed by atoms with Crippen LogP contribution in [0.4, 0.5) is 4.79 Å². The van der Waals surface area contributed by atoms with E-state index in [0.29, 0.717) is 6.54 Å². The highest BCUT2D eigenvalue weighted by Crippen LogP contribution is 2.13. The lowest BCUT2D eigenvalue weighted by molar-refractivity contribution is -0.121. The lowest BCUT2D eigenvalue weighted by atomic mass is 10.1. The van der Waals surface area contributed by atoms with Crippen LogP contribution in [0.3, 0.4) is 0 Å². The lowest BCUT2D eigenvalue weighted by Crippen LogP contribution is -2.33. The van der Waals surface area contributed by atoms with Crippen LogP contribution in [0.2, 0.25) is 0 Å². The van der Waals surface area contributed by atoms with E-state index in [1.165, 1.54) is 0 Å². The summed E-state index contributed by atoms with van der Waals surface area (Å²) in [5.74, 6) is -0.149. The second-order valence-corrected chi connectivity index (χ2v) is 4.42. The molecule has 0 saturated heterocycles. The van der Waals surface area contributed by atoms with Crippen molar-refractivity contribution < 1.29 is 9.59 Å². The third-order valence-electron chi connectivity index (χ3n) is 2.90. The topological polar surface area (TPSA) is 102 Å². The summed E-state index contributed by atoms with van der Waals surface area (Å²) in [6, 6.07) is 7.11. The Kier molecular flexibility index (Phi) is 4.92. The number of nitrogens with zero attached hydrogens (tertiary/aromatic N) is 2. The predicted octanol–water partition coefficient (Wildman–Crippen LogP) is 0.547. The molecule has 0 radical (unpaired) electrons. The Hall–Kier alpha value is -2.83. The Morgan fingerprint density at radius 1 is 1.24 bits per heavy atom. The first-order valence-electron chi connectivity index (χ1n) is 6.53. The number of nitrogens with two attached hydrogens (primary N) is 1. The fourth-order valence-electron chi connectivity index (χ4n) is 1.90. The zero-order valence-corrected chi connectivity index (χ0v) is 11.5. The van der Waals surface area contributed by atoms with Crippen LogP contribution in [0.5, 0.6) is 0 Å². The van der Waals surface area contributed by atoms with E-state index in [2.05, 4.69) is 15.6 Å². The fraction of sp³-hybridized carbons (Fsp3) is 0.214. The Morgan fingerprint density at radius 2 is 2.05 bits per heavy atom. The largest absolute Gasteiger partial charge is 0.352 e. The number of aromatic nitrogens is 2. The molecule has 110 valence electrons. The molecule has 0 atom stereocenters. The maximum atomic E-state index is 11.7. The summed E-state index contributed by atoms with van der Waals surface area (Å²) in [7, 11) is 0. The molecule has 2 rings (SSSR count). The molecule has 0 bridgehead atoms. The first kappa shape index (κ1) is 14.6. The van der Waals surface area contributed by atoms with Gasteiger partial charge in [-0.05, 0) is 11.6 Å². The van der Waals surface area contributed by atoms with E-state index in [1.807, 2.05) is 35.0 Å². The van der Waals surface area contributed by atoms with E-state index in [4.69, 9.17) is 5.73 Å². The third-order valence-corrected chi connectivity index (χ3v) is 2.90. The molecule has 2 aromatic rings. The van der Waals surface area contributed by atoms with Gasteiger partial charge in [-0.15, -0.1) is 0 Å².